The first-order chi connectivity index (χ1) is 12.4. The van der Waals surface area contributed by atoms with E-state index in [9.17, 15) is 13.2 Å². The highest BCUT2D eigenvalue weighted by molar-refractivity contribution is 7.91. The van der Waals surface area contributed by atoms with Crippen molar-refractivity contribution in [2.24, 2.45) is 0 Å². The van der Waals surface area contributed by atoms with Crippen LogP contribution in [0.15, 0.2) is 48.5 Å². The van der Waals surface area contributed by atoms with Crippen molar-refractivity contribution in [3.05, 3.63) is 54.1 Å². The molecule has 2 aromatic rings. The first kappa shape index (κ1) is 18.3. The molecule has 7 heteroatoms. The van der Waals surface area contributed by atoms with E-state index in [1.54, 1.807) is 18.2 Å². The van der Waals surface area contributed by atoms with Gasteiger partial charge in [-0.3, -0.25) is 4.79 Å². The minimum Gasteiger partial charge on any atom is -0.496 e. The lowest BCUT2D eigenvalue weighted by molar-refractivity contribution is 0.102. The van der Waals surface area contributed by atoms with E-state index >= 15 is 0 Å². The molecule has 0 bridgehead atoms. The highest BCUT2D eigenvalue weighted by Gasteiger charge is 2.30. The first-order valence-electron chi connectivity index (χ1n) is 8.37. The zero-order chi connectivity index (χ0) is 18.7. The van der Waals surface area contributed by atoms with Crippen LogP contribution in [-0.2, 0) is 9.84 Å². The molecule has 1 amide bonds. The Morgan fingerprint density at radius 1 is 1.15 bits per heavy atom. The lowest BCUT2D eigenvalue weighted by atomic mass is 10.1. The first-order valence-corrected chi connectivity index (χ1v) is 10.2. The van der Waals surface area contributed by atoms with Gasteiger partial charge in [-0.2, -0.15) is 0 Å². The van der Waals surface area contributed by atoms with Gasteiger partial charge in [0.1, 0.15) is 5.75 Å². The minimum absolute atomic E-state index is 0.00554. The van der Waals surface area contributed by atoms with E-state index in [-0.39, 0.29) is 23.5 Å². The van der Waals surface area contributed by atoms with Crippen molar-refractivity contribution in [3.63, 3.8) is 0 Å². The number of carbonyl (C=O) groups is 1. The molecule has 0 aliphatic carbocycles. The molecular formula is C19H22N2O4S. The Morgan fingerprint density at radius 3 is 2.46 bits per heavy atom. The molecule has 1 aliphatic rings. The highest BCUT2D eigenvalue weighted by Crippen LogP contribution is 2.25. The molecule has 1 atom stereocenters. The maximum Gasteiger partial charge on any atom is 0.259 e. The predicted octanol–water partition coefficient (Wildman–Crippen LogP) is 2.57. The SMILES string of the molecule is COc1ccccc1C(=O)Nc1ccc(N(C)C2CCS(=O)(=O)C2)cc1. The number of carbonyl (C=O) groups excluding carboxylic acids is 1. The third-order valence-corrected chi connectivity index (χ3v) is 6.39. The average molecular weight is 374 g/mol. The van der Waals surface area contributed by atoms with E-state index in [0.717, 1.165) is 5.69 Å². The van der Waals surface area contributed by atoms with Crippen LogP contribution >= 0.6 is 0 Å². The van der Waals surface area contributed by atoms with Crippen molar-refractivity contribution < 1.29 is 17.9 Å². The molecule has 3 rings (SSSR count). The number of rotatable bonds is 5. The summed E-state index contributed by atoms with van der Waals surface area (Å²) in [6, 6.07) is 14.4. The van der Waals surface area contributed by atoms with Crippen molar-refractivity contribution in [1.29, 1.82) is 0 Å². The second-order valence-electron chi connectivity index (χ2n) is 6.37. The fourth-order valence-corrected chi connectivity index (χ4v) is 4.88. The van der Waals surface area contributed by atoms with Gasteiger partial charge in [-0.25, -0.2) is 8.42 Å². The summed E-state index contributed by atoms with van der Waals surface area (Å²) < 4.78 is 28.5. The van der Waals surface area contributed by atoms with Crippen LogP contribution in [0.5, 0.6) is 5.75 Å². The van der Waals surface area contributed by atoms with Gasteiger partial charge in [-0.15, -0.1) is 0 Å². The summed E-state index contributed by atoms with van der Waals surface area (Å²) in [5.41, 5.74) is 2.05. The van der Waals surface area contributed by atoms with Gasteiger partial charge in [0, 0.05) is 24.5 Å². The van der Waals surface area contributed by atoms with Crippen molar-refractivity contribution in [1.82, 2.24) is 0 Å². The summed E-state index contributed by atoms with van der Waals surface area (Å²) in [4.78, 5) is 14.4. The van der Waals surface area contributed by atoms with Crippen LogP contribution in [0.4, 0.5) is 11.4 Å². The Balaban J connectivity index is 1.69. The summed E-state index contributed by atoms with van der Waals surface area (Å²) in [7, 11) is 0.504. The molecule has 1 fully saturated rings. The second-order valence-corrected chi connectivity index (χ2v) is 8.60. The number of amides is 1. The molecule has 1 saturated heterocycles. The smallest absolute Gasteiger partial charge is 0.259 e. The van der Waals surface area contributed by atoms with Crippen LogP contribution in [0.2, 0.25) is 0 Å². The van der Waals surface area contributed by atoms with Gasteiger partial charge in [-0.05, 0) is 42.8 Å². The average Bonchev–Trinajstić information content (AvgIpc) is 3.01. The number of hydrogen-bond acceptors (Lipinski definition) is 5. The number of nitrogens with one attached hydrogen (secondary N) is 1. The van der Waals surface area contributed by atoms with Gasteiger partial charge in [-0.1, -0.05) is 12.1 Å². The number of benzene rings is 2. The van der Waals surface area contributed by atoms with Gasteiger partial charge >= 0.3 is 0 Å². The Hall–Kier alpha value is -2.54. The molecule has 6 nitrogen and oxygen atoms in total. The number of hydrogen-bond donors (Lipinski definition) is 1. The number of anilines is 2. The van der Waals surface area contributed by atoms with Crippen LogP contribution < -0.4 is 15.0 Å². The van der Waals surface area contributed by atoms with E-state index in [1.807, 2.05) is 42.3 Å². The Bertz CT molecular complexity index is 894. The molecule has 1 aliphatic heterocycles. The number of nitrogens with zero attached hydrogens (tertiary/aromatic N) is 1. The van der Waals surface area contributed by atoms with Gasteiger partial charge in [0.05, 0.1) is 24.2 Å². The van der Waals surface area contributed by atoms with Crippen molar-refractivity contribution in [2.75, 3.05) is 35.9 Å². The third-order valence-electron chi connectivity index (χ3n) is 4.64. The maximum atomic E-state index is 12.4. The zero-order valence-corrected chi connectivity index (χ0v) is 15.6. The van der Waals surface area contributed by atoms with E-state index in [4.69, 9.17) is 4.74 Å². The van der Waals surface area contributed by atoms with Crippen LogP contribution in [-0.4, -0.2) is 46.0 Å². The summed E-state index contributed by atoms with van der Waals surface area (Å²) in [5.74, 6) is 0.708. The topological polar surface area (TPSA) is 75.7 Å². The lowest BCUT2D eigenvalue weighted by Gasteiger charge is -2.25. The Morgan fingerprint density at radius 2 is 1.85 bits per heavy atom. The van der Waals surface area contributed by atoms with Crippen molar-refractivity contribution in [3.8, 4) is 5.75 Å². The quantitative estimate of drug-likeness (QED) is 0.871. The van der Waals surface area contributed by atoms with Gasteiger partial charge in [0.2, 0.25) is 0 Å². The number of para-hydroxylation sites is 1. The van der Waals surface area contributed by atoms with Crippen molar-refractivity contribution in [2.45, 2.75) is 12.5 Å². The van der Waals surface area contributed by atoms with Crippen LogP contribution in [0.25, 0.3) is 0 Å². The van der Waals surface area contributed by atoms with Crippen LogP contribution in [0.3, 0.4) is 0 Å². The second kappa shape index (κ2) is 7.37. The van der Waals surface area contributed by atoms with E-state index in [2.05, 4.69) is 5.32 Å². The largest absolute Gasteiger partial charge is 0.496 e. The molecule has 0 saturated carbocycles. The molecule has 1 heterocycles. The number of ether oxygens (including phenoxy) is 1. The highest BCUT2D eigenvalue weighted by atomic mass is 32.2. The molecule has 1 unspecified atom stereocenters. The van der Waals surface area contributed by atoms with Crippen molar-refractivity contribution >= 4 is 27.1 Å². The fourth-order valence-electron chi connectivity index (χ4n) is 3.10. The van der Waals surface area contributed by atoms with Gasteiger partial charge in [0.25, 0.3) is 5.91 Å². The third kappa shape index (κ3) is 3.99. The predicted molar refractivity (Wildman–Crippen MR) is 103 cm³/mol. The molecule has 2 aromatic carbocycles. The molecule has 26 heavy (non-hydrogen) atoms. The monoisotopic (exact) mass is 374 g/mol. The molecule has 0 spiro atoms. The summed E-state index contributed by atoms with van der Waals surface area (Å²) >= 11 is 0. The Kier molecular flexibility index (Phi) is 5.18. The fraction of sp³-hybridized carbons (Fsp3) is 0.316. The summed E-state index contributed by atoms with van der Waals surface area (Å²) in [5, 5.41) is 2.85. The van der Waals surface area contributed by atoms with E-state index in [0.29, 0.717) is 23.4 Å². The summed E-state index contributed by atoms with van der Waals surface area (Å²) in [6.45, 7) is 0. The Labute approximate surface area is 153 Å². The van der Waals surface area contributed by atoms with Gasteiger partial charge < -0.3 is 15.0 Å². The molecule has 0 aromatic heterocycles. The maximum absolute atomic E-state index is 12.4. The zero-order valence-electron chi connectivity index (χ0n) is 14.8. The van der Waals surface area contributed by atoms with E-state index in [1.165, 1.54) is 7.11 Å². The normalized spacial score (nSPS) is 18.3. The molecular weight excluding hydrogens is 352 g/mol. The lowest BCUT2D eigenvalue weighted by Crippen LogP contribution is -2.32. The minimum atomic E-state index is -2.92. The van der Waals surface area contributed by atoms with Gasteiger partial charge in [0.15, 0.2) is 9.84 Å². The number of sulfone groups is 1. The summed E-state index contributed by atoms with van der Waals surface area (Å²) in [6.07, 6.45) is 0.644. The van der Waals surface area contributed by atoms with Crippen LogP contribution in [0, 0.1) is 0 Å². The molecule has 138 valence electrons. The molecule has 1 N–H and O–H groups in total. The van der Waals surface area contributed by atoms with E-state index < -0.39 is 9.84 Å². The van der Waals surface area contributed by atoms with Crippen LogP contribution in [0.1, 0.15) is 16.8 Å². The molecule has 0 radical (unpaired) electrons. The number of methoxy groups -OCH3 is 1. The standard InChI is InChI=1S/C19H22N2O4S/c1-21(16-11-12-26(23,24)13-16)15-9-7-14(8-10-15)20-19(22)17-5-3-4-6-18(17)25-2/h3-10,16H,11-13H2,1-2H3,(H,20,22).